The fraction of sp³-hybridized carbons (Fsp3) is 0.333. The van der Waals surface area contributed by atoms with Gasteiger partial charge in [-0.05, 0) is 32.0 Å². The molecule has 0 bridgehead atoms. The summed E-state index contributed by atoms with van der Waals surface area (Å²) in [6, 6.07) is 7.38. The van der Waals surface area contributed by atoms with Gasteiger partial charge in [-0.2, -0.15) is 0 Å². The molecule has 0 aliphatic rings. The highest BCUT2D eigenvalue weighted by atomic mass is 16.5. The van der Waals surface area contributed by atoms with Gasteiger partial charge in [-0.25, -0.2) is 0 Å². The average Bonchev–Trinajstić information content (AvgIpc) is 2.45. The molecule has 0 aliphatic heterocycles. The summed E-state index contributed by atoms with van der Waals surface area (Å²) in [5, 5.41) is 3.75. The highest BCUT2D eigenvalue weighted by molar-refractivity contribution is 5.98. The second-order valence-corrected chi connectivity index (χ2v) is 4.79. The number of pyridine rings is 1. The van der Waals surface area contributed by atoms with Crippen molar-refractivity contribution in [2.24, 2.45) is 5.73 Å². The smallest absolute Gasteiger partial charge is 0.253 e. The largest absolute Gasteiger partial charge is 0.497 e. The van der Waals surface area contributed by atoms with E-state index in [1.807, 2.05) is 38.1 Å². The molecule has 0 spiro atoms. The molecule has 0 saturated heterocycles. The minimum Gasteiger partial charge on any atom is -0.497 e. The van der Waals surface area contributed by atoms with Crippen LogP contribution in [0.5, 0.6) is 5.75 Å². The summed E-state index contributed by atoms with van der Waals surface area (Å²) in [6.07, 6.45) is 0. The number of nitrogens with zero attached hydrogens (tertiary/aromatic N) is 1. The van der Waals surface area contributed by atoms with Gasteiger partial charge in [-0.15, -0.1) is 0 Å². The molecule has 5 nitrogen and oxygen atoms in total. The molecule has 2 rings (SSSR count). The highest BCUT2D eigenvalue weighted by Gasteiger charge is 2.13. The van der Waals surface area contributed by atoms with Crippen LogP contribution >= 0.6 is 0 Å². The van der Waals surface area contributed by atoms with E-state index in [0.29, 0.717) is 17.8 Å². The number of rotatable bonds is 4. The molecule has 0 unspecified atom stereocenters. The number of carbonyl (C=O) groups is 1. The maximum Gasteiger partial charge on any atom is 0.253 e. The van der Waals surface area contributed by atoms with Crippen LogP contribution < -0.4 is 15.8 Å². The van der Waals surface area contributed by atoms with Crippen molar-refractivity contribution in [3.8, 4) is 5.75 Å². The number of aryl methyl sites for hydroxylation is 1. The fourth-order valence-corrected chi connectivity index (χ4v) is 1.96. The van der Waals surface area contributed by atoms with Gasteiger partial charge >= 0.3 is 0 Å². The monoisotopic (exact) mass is 273 g/mol. The number of hydrogen-bond acceptors (Lipinski definition) is 4. The first-order valence-electron chi connectivity index (χ1n) is 6.51. The molecule has 0 fully saturated rings. The maximum absolute atomic E-state index is 12.2. The van der Waals surface area contributed by atoms with Crippen molar-refractivity contribution < 1.29 is 9.53 Å². The van der Waals surface area contributed by atoms with Gasteiger partial charge in [0.15, 0.2) is 0 Å². The molecule has 5 heteroatoms. The molecule has 1 atom stereocenters. The lowest BCUT2D eigenvalue weighted by Gasteiger charge is -2.13. The van der Waals surface area contributed by atoms with Crippen LogP contribution in [-0.4, -0.2) is 30.6 Å². The summed E-state index contributed by atoms with van der Waals surface area (Å²) in [6.45, 7) is 4.09. The van der Waals surface area contributed by atoms with E-state index in [-0.39, 0.29) is 11.9 Å². The van der Waals surface area contributed by atoms with Gasteiger partial charge < -0.3 is 15.8 Å². The first-order chi connectivity index (χ1) is 9.55. The van der Waals surface area contributed by atoms with Crippen LogP contribution in [0.15, 0.2) is 24.3 Å². The molecule has 1 aromatic carbocycles. The number of fused-ring (bicyclic) bond motifs is 1. The van der Waals surface area contributed by atoms with Gasteiger partial charge in [0, 0.05) is 24.0 Å². The van der Waals surface area contributed by atoms with Gasteiger partial charge in [0.05, 0.1) is 23.9 Å². The quantitative estimate of drug-likeness (QED) is 0.887. The molecule has 1 amide bonds. The van der Waals surface area contributed by atoms with Crippen LogP contribution in [0.25, 0.3) is 10.9 Å². The van der Waals surface area contributed by atoms with Gasteiger partial charge in [-0.1, -0.05) is 0 Å². The SMILES string of the molecule is COc1ccc2cc(C(=O)N[C@@H](C)CN)c(C)nc2c1. The highest BCUT2D eigenvalue weighted by Crippen LogP contribution is 2.21. The number of ether oxygens (including phenoxy) is 1. The number of methoxy groups -OCH3 is 1. The van der Waals surface area contributed by atoms with Crippen LogP contribution in [-0.2, 0) is 0 Å². The minimum absolute atomic E-state index is 0.0616. The van der Waals surface area contributed by atoms with Crippen molar-refractivity contribution in [1.82, 2.24) is 10.3 Å². The third kappa shape index (κ3) is 2.88. The van der Waals surface area contributed by atoms with Gasteiger partial charge in [0.1, 0.15) is 5.75 Å². The zero-order chi connectivity index (χ0) is 14.7. The van der Waals surface area contributed by atoms with Gasteiger partial charge in [0.2, 0.25) is 0 Å². The molecule has 3 N–H and O–H groups in total. The molecular weight excluding hydrogens is 254 g/mol. The van der Waals surface area contributed by atoms with E-state index < -0.39 is 0 Å². The number of amides is 1. The average molecular weight is 273 g/mol. The maximum atomic E-state index is 12.2. The van der Waals surface area contributed by atoms with Crippen molar-refractivity contribution in [3.63, 3.8) is 0 Å². The second-order valence-electron chi connectivity index (χ2n) is 4.79. The Morgan fingerprint density at radius 3 is 2.85 bits per heavy atom. The first-order valence-corrected chi connectivity index (χ1v) is 6.51. The zero-order valence-electron chi connectivity index (χ0n) is 11.9. The van der Waals surface area contributed by atoms with Crippen molar-refractivity contribution >= 4 is 16.8 Å². The predicted molar refractivity (Wildman–Crippen MR) is 79.0 cm³/mol. The van der Waals surface area contributed by atoms with Crippen molar-refractivity contribution in [1.29, 1.82) is 0 Å². The standard InChI is InChI=1S/C15H19N3O2/c1-9(8-16)17-15(19)13-6-11-4-5-12(20-3)7-14(11)18-10(13)2/h4-7,9H,8,16H2,1-3H3,(H,17,19)/t9-/m0/s1. The lowest BCUT2D eigenvalue weighted by atomic mass is 10.1. The van der Waals surface area contributed by atoms with E-state index in [9.17, 15) is 4.79 Å². The summed E-state index contributed by atoms with van der Waals surface area (Å²) < 4.78 is 5.17. The Balaban J connectivity index is 2.40. The molecule has 0 aliphatic carbocycles. The van der Waals surface area contributed by atoms with Crippen molar-refractivity contribution in [3.05, 3.63) is 35.5 Å². The summed E-state index contributed by atoms with van der Waals surface area (Å²) >= 11 is 0. The number of nitrogens with one attached hydrogen (secondary N) is 1. The minimum atomic E-state index is -0.148. The third-order valence-electron chi connectivity index (χ3n) is 3.19. The summed E-state index contributed by atoms with van der Waals surface area (Å²) in [5.41, 5.74) is 7.58. The van der Waals surface area contributed by atoms with Gasteiger partial charge in [0.25, 0.3) is 5.91 Å². The number of nitrogens with two attached hydrogens (primary N) is 1. The summed E-state index contributed by atoms with van der Waals surface area (Å²) in [4.78, 5) is 16.6. The molecule has 0 radical (unpaired) electrons. The molecule has 1 heterocycles. The number of hydrogen-bond donors (Lipinski definition) is 2. The molecule has 0 saturated carbocycles. The molecule has 106 valence electrons. The van der Waals surface area contributed by atoms with Crippen LogP contribution in [0.2, 0.25) is 0 Å². The lowest BCUT2D eigenvalue weighted by molar-refractivity contribution is 0.0940. The Hall–Kier alpha value is -2.14. The van der Waals surface area contributed by atoms with E-state index >= 15 is 0 Å². The Bertz CT molecular complexity index is 640. The molecule has 2 aromatic rings. The predicted octanol–water partition coefficient (Wildman–Crippen LogP) is 1.63. The van der Waals surface area contributed by atoms with Crippen LogP contribution in [0.4, 0.5) is 0 Å². The summed E-state index contributed by atoms with van der Waals surface area (Å²) in [7, 11) is 1.62. The number of benzene rings is 1. The Morgan fingerprint density at radius 1 is 1.45 bits per heavy atom. The second kappa shape index (κ2) is 5.88. The Labute approximate surface area is 118 Å². The third-order valence-corrected chi connectivity index (χ3v) is 3.19. The fourth-order valence-electron chi connectivity index (χ4n) is 1.96. The topological polar surface area (TPSA) is 77.2 Å². The zero-order valence-corrected chi connectivity index (χ0v) is 11.9. The number of aromatic nitrogens is 1. The normalized spacial score (nSPS) is 12.2. The van der Waals surface area contributed by atoms with Crippen LogP contribution in [0.3, 0.4) is 0 Å². The van der Waals surface area contributed by atoms with E-state index in [0.717, 1.165) is 16.7 Å². The van der Waals surface area contributed by atoms with Crippen LogP contribution in [0, 0.1) is 6.92 Å². The Kier molecular flexibility index (Phi) is 4.20. The summed E-state index contributed by atoms with van der Waals surface area (Å²) in [5.74, 6) is 0.601. The molecule has 1 aromatic heterocycles. The Morgan fingerprint density at radius 2 is 2.20 bits per heavy atom. The molecule has 20 heavy (non-hydrogen) atoms. The number of carbonyl (C=O) groups excluding carboxylic acids is 1. The van der Waals surface area contributed by atoms with E-state index in [4.69, 9.17) is 10.5 Å². The van der Waals surface area contributed by atoms with Crippen LogP contribution in [0.1, 0.15) is 23.0 Å². The first kappa shape index (κ1) is 14.3. The lowest BCUT2D eigenvalue weighted by Crippen LogP contribution is -2.38. The van der Waals surface area contributed by atoms with E-state index in [1.165, 1.54) is 0 Å². The van der Waals surface area contributed by atoms with Crippen molar-refractivity contribution in [2.45, 2.75) is 19.9 Å². The van der Waals surface area contributed by atoms with E-state index in [1.54, 1.807) is 7.11 Å². The molecular formula is C15H19N3O2. The van der Waals surface area contributed by atoms with Gasteiger partial charge in [-0.3, -0.25) is 9.78 Å². The van der Waals surface area contributed by atoms with E-state index in [2.05, 4.69) is 10.3 Å². The van der Waals surface area contributed by atoms with Crippen molar-refractivity contribution in [2.75, 3.05) is 13.7 Å².